The van der Waals surface area contributed by atoms with E-state index in [0.29, 0.717) is 12.4 Å². The van der Waals surface area contributed by atoms with Gasteiger partial charge in [0.05, 0.1) is 0 Å². The third kappa shape index (κ3) is 5.57. The minimum atomic E-state index is -0.334. The second-order valence-corrected chi connectivity index (χ2v) is 5.34. The molecule has 0 aliphatic heterocycles. The zero-order valence-electron chi connectivity index (χ0n) is 13.7. The second-order valence-electron chi connectivity index (χ2n) is 5.34. The number of rotatable bonds is 8. The lowest BCUT2D eigenvalue weighted by molar-refractivity contribution is -0.121. The van der Waals surface area contributed by atoms with Crippen molar-refractivity contribution in [1.29, 1.82) is 0 Å². The van der Waals surface area contributed by atoms with Crippen LogP contribution < -0.4 is 16.0 Å². The summed E-state index contributed by atoms with van der Waals surface area (Å²) in [5.41, 5.74) is 0. The van der Waals surface area contributed by atoms with E-state index < -0.39 is 0 Å². The van der Waals surface area contributed by atoms with E-state index in [1.165, 1.54) is 0 Å². The molecule has 0 saturated carbocycles. The van der Waals surface area contributed by atoms with Crippen molar-refractivity contribution in [1.82, 2.24) is 15.3 Å². The normalized spacial score (nSPS) is 12.1. The van der Waals surface area contributed by atoms with Gasteiger partial charge in [0.15, 0.2) is 0 Å². The summed E-state index contributed by atoms with van der Waals surface area (Å²) in [7, 11) is 0. The Hall–Kier alpha value is -1.85. The van der Waals surface area contributed by atoms with Crippen molar-refractivity contribution < 1.29 is 4.79 Å². The molecule has 118 valence electrons. The highest BCUT2D eigenvalue weighted by Gasteiger charge is 2.14. The number of carbonyl (C=O) groups excluding carboxylic acids is 1. The highest BCUT2D eigenvalue weighted by molar-refractivity contribution is 5.83. The number of amides is 1. The third-order valence-electron chi connectivity index (χ3n) is 2.92. The first-order valence-electron chi connectivity index (χ1n) is 7.65. The van der Waals surface area contributed by atoms with E-state index in [0.717, 1.165) is 24.6 Å². The summed E-state index contributed by atoms with van der Waals surface area (Å²) in [6.07, 6.45) is 1.03. The Labute approximate surface area is 127 Å². The van der Waals surface area contributed by atoms with E-state index in [1.807, 2.05) is 19.9 Å². The van der Waals surface area contributed by atoms with Crippen LogP contribution in [0.2, 0.25) is 0 Å². The molecular formula is C15H27N5O. The standard InChI is InChI=1S/C15H27N5O/c1-6-8-17-12-9-13(20-14(19-12)10(3)4)18-11(5)15(21)16-7-2/h9-11H,6-8H2,1-5H3,(H,16,21)(H2,17,18,19,20). The van der Waals surface area contributed by atoms with Gasteiger partial charge in [0.1, 0.15) is 23.5 Å². The fourth-order valence-corrected chi connectivity index (χ4v) is 1.76. The van der Waals surface area contributed by atoms with Gasteiger partial charge in [0.2, 0.25) is 5.91 Å². The average Bonchev–Trinajstić information content (AvgIpc) is 2.45. The fourth-order valence-electron chi connectivity index (χ4n) is 1.76. The summed E-state index contributed by atoms with van der Waals surface area (Å²) in [5.74, 6) is 2.42. The van der Waals surface area contributed by atoms with Gasteiger partial charge in [-0.3, -0.25) is 4.79 Å². The minimum absolute atomic E-state index is 0.0368. The van der Waals surface area contributed by atoms with Gasteiger partial charge >= 0.3 is 0 Å². The van der Waals surface area contributed by atoms with Crippen LogP contribution in [0.3, 0.4) is 0 Å². The number of likely N-dealkylation sites (N-methyl/N-ethyl adjacent to an activating group) is 1. The molecule has 0 spiro atoms. The molecule has 6 nitrogen and oxygen atoms in total. The number of aromatic nitrogens is 2. The molecule has 0 aromatic carbocycles. The molecule has 6 heteroatoms. The lowest BCUT2D eigenvalue weighted by atomic mass is 10.2. The molecule has 1 aromatic heterocycles. The molecule has 0 radical (unpaired) electrons. The fraction of sp³-hybridized carbons (Fsp3) is 0.667. The Kier molecular flexibility index (Phi) is 6.91. The Balaban J connectivity index is 2.89. The Bertz CT molecular complexity index is 461. The highest BCUT2D eigenvalue weighted by atomic mass is 16.2. The number of nitrogens with one attached hydrogen (secondary N) is 3. The molecule has 0 aliphatic carbocycles. The summed E-state index contributed by atoms with van der Waals surface area (Å²) >= 11 is 0. The van der Waals surface area contributed by atoms with Gasteiger partial charge in [0.25, 0.3) is 0 Å². The van der Waals surface area contributed by atoms with Crippen LogP contribution in [0.4, 0.5) is 11.6 Å². The molecular weight excluding hydrogens is 266 g/mol. The SMILES string of the molecule is CCCNc1cc(NC(C)C(=O)NCC)nc(C(C)C)n1. The Morgan fingerprint density at radius 1 is 1.19 bits per heavy atom. The molecule has 0 bridgehead atoms. The quantitative estimate of drug-likeness (QED) is 0.685. The van der Waals surface area contributed by atoms with Gasteiger partial charge in [-0.1, -0.05) is 20.8 Å². The van der Waals surface area contributed by atoms with Crippen LogP contribution in [0.5, 0.6) is 0 Å². The smallest absolute Gasteiger partial charge is 0.242 e. The summed E-state index contributed by atoms with van der Waals surface area (Å²) in [5, 5.41) is 9.19. The van der Waals surface area contributed by atoms with Crippen LogP contribution in [-0.4, -0.2) is 35.0 Å². The molecule has 0 saturated heterocycles. The molecule has 1 unspecified atom stereocenters. The summed E-state index contributed by atoms with van der Waals surface area (Å²) in [6, 6.07) is 1.51. The predicted octanol–water partition coefficient (Wildman–Crippen LogP) is 2.36. The zero-order valence-corrected chi connectivity index (χ0v) is 13.7. The van der Waals surface area contributed by atoms with Crippen molar-refractivity contribution in [2.75, 3.05) is 23.7 Å². The topological polar surface area (TPSA) is 78.9 Å². The van der Waals surface area contributed by atoms with Crippen LogP contribution in [0.25, 0.3) is 0 Å². The molecule has 1 rings (SSSR count). The first-order valence-corrected chi connectivity index (χ1v) is 7.65. The van der Waals surface area contributed by atoms with Crippen molar-refractivity contribution in [2.24, 2.45) is 0 Å². The van der Waals surface area contributed by atoms with Gasteiger partial charge in [-0.25, -0.2) is 9.97 Å². The molecule has 1 atom stereocenters. The van der Waals surface area contributed by atoms with Gasteiger partial charge in [0, 0.05) is 25.1 Å². The molecule has 21 heavy (non-hydrogen) atoms. The highest BCUT2D eigenvalue weighted by Crippen LogP contribution is 2.17. The van der Waals surface area contributed by atoms with Crippen molar-refractivity contribution >= 4 is 17.5 Å². The number of hydrogen-bond acceptors (Lipinski definition) is 5. The molecule has 1 heterocycles. The van der Waals surface area contributed by atoms with Crippen molar-refractivity contribution in [2.45, 2.75) is 53.0 Å². The molecule has 1 aromatic rings. The van der Waals surface area contributed by atoms with Crippen molar-refractivity contribution in [3.63, 3.8) is 0 Å². The number of hydrogen-bond donors (Lipinski definition) is 3. The van der Waals surface area contributed by atoms with E-state index in [9.17, 15) is 4.79 Å². The number of nitrogens with zero attached hydrogens (tertiary/aromatic N) is 2. The summed E-state index contributed by atoms with van der Waals surface area (Å²) < 4.78 is 0. The molecule has 1 amide bonds. The van der Waals surface area contributed by atoms with E-state index >= 15 is 0 Å². The molecule has 3 N–H and O–H groups in total. The maximum atomic E-state index is 11.8. The largest absolute Gasteiger partial charge is 0.370 e. The maximum Gasteiger partial charge on any atom is 0.242 e. The van der Waals surface area contributed by atoms with Crippen LogP contribution >= 0.6 is 0 Å². The van der Waals surface area contributed by atoms with Gasteiger partial charge < -0.3 is 16.0 Å². The monoisotopic (exact) mass is 293 g/mol. The van der Waals surface area contributed by atoms with Gasteiger partial charge in [-0.05, 0) is 20.3 Å². The number of carbonyl (C=O) groups is 1. The number of anilines is 2. The first kappa shape index (κ1) is 17.2. The van der Waals surface area contributed by atoms with Crippen LogP contribution in [-0.2, 0) is 4.79 Å². The zero-order chi connectivity index (χ0) is 15.8. The Morgan fingerprint density at radius 3 is 2.43 bits per heavy atom. The van der Waals surface area contributed by atoms with Gasteiger partial charge in [-0.2, -0.15) is 0 Å². The van der Waals surface area contributed by atoms with E-state index in [4.69, 9.17) is 0 Å². The minimum Gasteiger partial charge on any atom is -0.370 e. The van der Waals surface area contributed by atoms with Crippen LogP contribution in [0.15, 0.2) is 6.07 Å². The second kappa shape index (κ2) is 8.44. The lowest BCUT2D eigenvalue weighted by Crippen LogP contribution is -2.37. The molecule has 0 aliphatic rings. The molecule has 0 fully saturated rings. The van der Waals surface area contributed by atoms with Crippen molar-refractivity contribution in [3.05, 3.63) is 11.9 Å². The van der Waals surface area contributed by atoms with E-state index in [1.54, 1.807) is 0 Å². The average molecular weight is 293 g/mol. The van der Waals surface area contributed by atoms with E-state index in [2.05, 4.69) is 46.7 Å². The lowest BCUT2D eigenvalue weighted by Gasteiger charge is -2.16. The third-order valence-corrected chi connectivity index (χ3v) is 2.92. The summed E-state index contributed by atoms with van der Waals surface area (Å²) in [6.45, 7) is 11.4. The summed E-state index contributed by atoms with van der Waals surface area (Å²) in [4.78, 5) is 20.8. The van der Waals surface area contributed by atoms with Crippen molar-refractivity contribution in [3.8, 4) is 0 Å². The Morgan fingerprint density at radius 2 is 1.86 bits per heavy atom. The van der Waals surface area contributed by atoms with E-state index in [-0.39, 0.29) is 17.9 Å². The predicted molar refractivity (Wildman–Crippen MR) is 86.7 cm³/mol. The van der Waals surface area contributed by atoms with Crippen LogP contribution in [0.1, 0.15) is 52.8 Å². The van der Waals surface area contributed by atoms with Gasteiger partial charge in [-0.15, -0.1) is 0 Å². The van der Waals surface area contributed by atoms with Crippen LogP contribution in [0, 0.1) is 0 Å². The maximum absolute atomic E-state index is 11.8. The first-order chi connectivity index (χ1) is 9.97.